The number of amides is 2. The molecule has 0 aromatic rings. The highest BCUT2D eigenvalue weighted by molar-refractivity contribution is 5.87. The summed E-state index contributed by atoms with van der Waals surface area (Å²) in [6.45, 7) is 8.00. The lowest BCUT2D eigenvalue weighted by Gasteiger charge is -2.28. The van der Waals surface area contributed by atoms with Gasteiger partial charge >= 0.3 is 6.09 Å². The number of allylic oxidation sites excluding steroid dienone is 1. The van der Waals surface area contributed by atoms with Gasteiger partial charge in [0.2, 0.25) is 5.91 Å². The maximum Gasteiger partial charge on any atom is 0.411 e. The van der Waals surface area contributed by atoms with Crippen LogP contribution < -0.4 is 0 Å². The third kappa shape index (κ3) is 4.25. The van der Waals surface area contributed by atoms with E-state index >= 15 is 0 Å². The van der Waals surface area contributed by atoms with Crippen molar-refractivity contribution in [3.05, 3.63) is 11.6 Å². The lowest BCUT2D eigenvalue weighted by molar-refractivity contribution is -0.133. The molecule has 1 rings (SSSR count). The molecule has 5 nitrogen and oxygen atoms in total. The molecule has 0 unspecified atom stereocenters. The van der Waals surface area contributed by atoms with Gasteiger partial charge in [-0.2, -0.15) is 0 Å². The van der Waals surface area contributed by atoms with Gasteiger partial charge < -0.3 is 9.64 Å². The van der Waals surface area contributed by atoms with Gasteiger partial charge in [0, 0.05) is 20.6 Å². The molecule has 0 aliphatic carbocycles. The van der Waals surface area contributed by atoms with Crippen molar-refractivity contribution in [2.75, 3.05) is 20.6 Å². The van der Waals surface area contributed by atoms with Crippen LogP contribution in [-0.2, 0) is 9.53 Å². The maximum atomic E-state index is 12.3. The van der Waals surface area contributed by atoms with E-state index in [1.54, 1.807) is 14.1 Å². The van der Waals surface area contributed by atoms with E-state index in [-0.39, 0.29) is 5.91 Å². The zero-order chi connectivity index (χ0) is 15.5. The van der Waals surface area contributed by atoms with E-state index < -0.39 is 17.7 Å². The van der Waals surface area contributed by atoms with Gasteiger partial charge in [-0.15, -0.1) is 0 Å². The molecule has 5 heteroatoms. The largest absolute Gasteiger partial charge is 0.444 e. The summed E-state index contributed by atoms with van der Waals surface area (Å²) in [5, 5.41) is 0. The number of likely N-dealkylation sites (tertiary alicyclic amines) is 1. The van der Waals surface area contributed by atoms with Crippen LogP contribution in [0.2, 0.25) is 0 Å². The lowest BCUT2D eigenvalue weighted by Crippen LogP contribution is -2.47. The zero-order valence-electron chi connectivity index (χ0n) is 13.4. The highest BCUT2D eigenvalue weighted by Crippen LogP contribution is 2.26. The van der Waals surface area contributed by atoms with Crippen LogP contribution in [0.4, 0.5) is 4.79 Å². The molecule has 1 fully saturated rings. The molecule has 1 heterocycles. The predicted molar refractivity (Wildman–Crippen MR) is 78.4 cm³/mol. The van der Waals surface area contributed by atoms with Crippen LogP contribution in [-0.4, -0.2) is 54.1 Å². The highest BCUT2D eigenvalue weighted by Gasteiger charge is 2.39. The van der Waals surface area contributed by atoms with E-state index in [4.69, 9.17) is 4.74 Å². The molecule has 0 aromatic carbocycles. The first-order valence-electron chi connectivity index (χ1n) is 7.04. The van der Waals surface area contributed by atoms with Gasteiger partial charge in [-0.3, -0.25) is 9.69 Å². The third-order valence-electron chi connectivity index (χ3n) is 3.05. The summed E-state index contributed by atoms with van der Waals surface area (Å²) >= 11 is 0. The summed E-state index contributed by atoms with van der Waals surface area (Å²) in [7, 11) is 3.41. The van der Waals surface area contributed by atoms with Gasteiger partial charge in [-0.25, -0.2) is 4.79 Å². The van der Waals surface area contributed by atoms with E-state index in [0.29, 0.717) is 13.0 Å². The van der Waals surface area contributed by atoms with Crippen LogP contribution in [0.5, 0.6) is 0 Å². The summed E-state index contributed by atoms with van der Waals surface area (Å²) in [6, 6.07) is -0.447. The zero-order valence-corrected chi connectivity index (χ0v) is 13.4. The molecule has 0 aromatic heterocycles. The maximum absolute atomic E-state index is 12.3. The Bertz CT molecular complexity index is 408. The normalized spacial score (nSPS) is 21.2. The molecular weight excluding hydrogens is 256 g/mol. The monoisotopic (exact) mass is 282 g/mol. The first-order chi connectivity index (χ1) is 9.15. The number of ether oxygens (including phenoxy) is 1. The summed E-state index contributed by atoms with van der Waals surface area (Å²) in [5.41, 5.74) is 0.568. The second-order valence-electron chi connectivity index (χ2n) is 6.33. The van der Waals surface area contributed by atoms with Gasteiger partial charge in [0.05, 0.1) is 0 Å². The first-order valence-corrected chi connectivity index (χ1v) is 7.04. The number of hydrogen-bond donors (Lipinski definition) is 0. The van der Waals surface area contributed by atoms with Gasteiger partial charge in [0.25, 0.3) is 0 Å². The number of rotatable bonds is 2. The molecule has 1 aliphatic heterocycles. The quantitative estimate of drug-likeness (QED) is 0.731. The van der Waals surface area contributed by atoms with Crippen molar-refractivity contribution in [3.8, 4) is 0 Å². The van der Waals surface area contributed by atoms with Crippen LogP contribution in [0.1, 0.15) is 40.5 Å². The van der Waals surface area contributed by atoms with E-state index in [1.165, 1.54) is 9.80 Å². The smallest absolute Gasteiger partial charge is 0.411 e. The number of likely N-dealkylation sites (N-methyl/N-ethyl adjacent to an activating group) is 1. The standard InChI is InChI=1S/C15H26N2O3/c1-7-8-11-9-12(13(18)16(5)6)17(10-11)14(19)20-15(2,3)4/h8,12H,7,9-10H2,1-6H3/t12-/m1/s1. The van der Waals surface area contributed by atoms with Gasteiger partial charge in [0.1, 0.15) is 11.6 Å². The fourth-order valence-corrected chi connectivity index (χ4v) is 2.22. The van der Waals surface area contributed by atoms with Crippen molar-refractivity contribution in [1.82, 2.24) is 9.80 Å². The minimum Gasteiger partial charge on any atom is -0.444 e. The topological polar surface area (TPSA) is 49.9 Å². The summed E-state index contributed by atoms with van der Waals surface area (Å²) in [5.74, 6) is -0.0598. The Balaban J connectivity index is 2.92. The van der Waals surface area contributed by atoms with E-state index in [0.717, 1.165) is 12.0 Å². The first kappa shape index (κ1) is 16.5. The predicted octanol–water partition coefficient (Wildman–Crippen LogP) is 2.42. The van der Waals surface area contributed by atoms with Crippen molar-refractivity contribution in [3.63, 3.8) is 0 Å². The van der Waals surface area contributed by atoms with Gasteiger partial charge in [-0.1, -0.05) is 18.6 Å². The molecule has 0 N–H and O–H groups in total. The summed E-state index contributed by atoms with van der Waals surface area (Å²) < 4.78 is 5.40. The summed E-state index contributed by atoms with van der Waals surface area (Å²) in [4.78, 5) is 27.5. The molecule has 1 atom stereocenters. The molecule has 1 aliphatic rings. The van der Waals surface area contributed by atoms with Crippen molar-refractivity contribution >= 4 is 12.0 Å². The Labute approximate surface area is 121 Å². The van der Waals surface area contributed by atoms with E-state index in [2.05, 4.69) is 6.08 Å². The number of carbonyl (C=O) groups excluding carboxylic acids is 2. The van der Waals surface area contributed by atoms with Crippen molar-refractivity contribution in [2.24, 2.45) is 0 Å². The number of nitrogens with zero attached hydrogens (tertiary/aromatic N) is 2. The number of carbonyl (C=O) groups is 2. The second kappa shape index (κ2) is 6.29. The Hall–Kier alpha value is -1.52. The molecule has 0 radical (unpaired) electrons. The Morgan fingerprint density at radius 1 is 1.40 bits per heavy atom. The average molecular weight is 282 g/mol. The van der Waals surface area contributed by atoms with Crippen LogP contribution >= 0.6 is 0 Å². The van der Waals surface area contributed by atoms with Crippen molar-refractivity contribution in [2.45, 2.75) is 52.2 Å². The Kier molecular flexibility index (Phi) is 5.20. The van der Waals surface area contributed by atoms with Crippen molar-refractivity contribution < 1.29 is 14.3 Å². The number of hydrogen-bond acceptors (Lipinski definition) is 3. The molecule has 0 bridgehead atoms. The SMILES string of the molecule is CCC=C1C[C@H](C(=O)N(C)C)N(C(=O)OC(C)(C)C)C1. The Morgan fingerprint density at radius 2 is 2.00 bits per heavy atom. The van der Waals surface area contributed by atoms with Crippen LogP contribution in [0.15, 0.2) is 11.6 Å². The minimum absolute atomic E-state index is 0.0598. The molecule has 114 valence electrons. The fourth-order valence-electron chi connectivity index (χ4n) is 2.22. The molecule has 0 spiro atoms. The van der Waals surface area contributed by atoms with Gasteiger partial charge in [0.15, 0.2) is 0 Å². The molecule has 1 saturated heterocycles. The highest BCUT2D eigenvalue weighted by atomic mass is 16.6. The molecular formula is C15H26N2O3. The van der Waals surface area contributed by atoms with Crippen LogP contribution in [0.25, 0.3) is 0 Å². The van der Waals surface area contributed by atoms with Crippen molar-refractivity contribution in [1.29, 1.82) is 0 Å². The average Bonchev–Trinajstić information content (AvgIpc) is 2.70. The van der Waals surface area contributed by atoms with E-state index in [1.807, 2.05) is 27.7 Å². The third-order valence-corrected chi connectivity index (χ3v) is 3.05. The van der Waals surface area contributed by atoms with Crippen LogP contribution in [0, 0.1) is 0 Å². The minimum atomic E-state index is -0.556. The van der Waals surface area contributed by atoms with Crippen LogP contribution in [0.3, 0.4) is 0 Å². The second-order valence-corrected chi connectivity index (χ2v) is 6.33. The lowest BCUT2D eigenvalue weighted by atomic mass is 10.1. The van der Waals surface area contributed by atoms with Gasteiger partial charge in [-0.05, 0) is 33.6 Å². The molecule has 2 amide bonds. The molecule has 20 heavy (non-hydrogen) atoms. The fraction of sp³-hybridized carbons (Fsp3) is 0.733. The van der Waals surface area contributed by atoms with E-state index in [9.17, 15) is 9.59 Å². The molecule has 0 saturated carbocycles. The Morgan fingerprint density at radius 3 is 2.45 bits per heavy atom. The summed E-state index contributed by atoms with van der Waals surface area (Å²) in [6.07, 6.45) is 3.17.